The zero-order valence-electron chi connectivity index (χ0n) is 16.1. The van der Waals surface area contributed by atoms with Crippen molar-refractivity contribution < 1.29 is 22.0 Å². The number of benzene rings is 3. The number of anilines is 2. The van der Waals surface area contributed by atoms with Crippen LogP contribution in [0.4, 0.5) is 20.2 Å². The minimum absolute atomic E-state index is 0.00618. The molecule has 3 aromatic carbocycles. The number of fused-ring (bicyclic) bond motifs is 1. The summed E-state index contributed by atoms with van der Waals surface area (Å²) in [5, 5.41) is 2.60. The van der Waals surface area contributed by atoms with E-state index in [4.69, 9.17) is 11.6 Å². The fourth-order valence-corrected chi connectivity index (χ4v) is 5.32. The van der Waals surface area contributed by atoms with Crippen molar-refractivity contribution in [3.63, 3.8) is 0 Å². The third kappa shape index (κ3) is 4.13. The Balaban J connectivity index is 1.63. The van der Waals surface area contributed by atoms with Crippen LogP contribution in [0.3, 0.4) is 0 Å². The van der Waals surface area contributed by atoms with Crippen LogP contribution < -0.4 is 9.62 Å². The van der Waals surface area contributed by atoms with Gasteiger partial charge in [-0.1, -0.05) is 17.7 Å². The standard InChI is InChI=1S/C22H17ClF2N2O3S/c23-18-4-1-5-19(25)21(18)22(28)26-16-8-11-20-14(13-16)3-2-12-27(20)31(29,30)17-9-6-15(24)7-10-17/h1,4-11,13H,2-3,12H2,(H,26,28). The summed E-state index contributed by atoms with van der Waals surface area (Å²) in [7, 11) is -3.87. The molecule has 1 aliphatic rings. The number of nitrogens with one attached hydrogen (secondary N) is 1. The van der Waals surface area contributed by atoms with Crippen molar-refractivity contribution in [1.82, 2.24) is 0 Å². The number of amides is 1. The summed E-state index contributed by atoms with van der Waals surface area (Å²) in [6.07, 6.45) is 1.18. The number of nitrogens with zero attached hydrogens (tertiary/aromatic N) is 1. The second kappa shape index (κ2) is 8.28. The molecule has 1 aliphatic heterocycles. The molecule has 0 saturated carbocycles. The van der Waals surface area contributed by atoms with E-state index in [0.717, 1.165) is 23.8 Å². The molecule has 1 heterocycles. The van der Waals surface area contributed by atoms with E-state index < -0.39 is 27.6 Å². The van der Waals surface area contributed by atoms with Gasteiger partial charge in [0.05, 0.1) is 21.2 Å². The summed E-state index contributed by atoms with van der Waals surface area (Å²) in [6, 6.07) is 13.4. The zero-order valence-corrected chi connectivity index (χ0v) is 17.7. The fraction of sp³-hybridized carbons (Fsp3) is 0.136. The lowest BCUT2D eigenvalue weighted by Crippen LogP contribution is -2.35. The summed E-state index contributed by atoms with van der Waals surface area (Å²) in [5.74, 6) is -1.96. The molecule has 0 saturated heterocycles. The van der Waals surface area contributed by atoms with Crippen LogP contribution in [0.1, 0.15) is 22.3 Å². The van der Waals surface area contributed by atoms with E-state index in [0.29, 0.717) is 24.2 Å². The molecule has 0 unspecified atom stereocenters. The number of aryl methyl sites for hydroxylation is 1. The zero-order chi connectivity index (χ0) is 22.2. The van der Waals surface area contributed by atoms with Gasteiger partial charge in [0.2, 0.25) is 0 Å². The molecule has 1 N–H and O–H groups in total. The van der Waals surface area contributed by atoms with Crippen molar-refractivity contribution in [1.29, 1.82) is 0 Å². The van der Waals surface area contributed by atoms with Gasteiger partial charge in [0, 0.05) is 12.2 Å². The number of hydrogen-bond acceptors (Lipinski definition) is 3. The molecule has 0 radical (unpaired) electrons. The van der Waals surface area contributed by atoms with E-state index in [-0.39, 0.29) is 22.0 Å². The molecule has 1 amide bonds. The highest BCUT2D eigenvalue weighted by molar-refractivity contribution is 7.92. The van der Waals surface area contributed by atoms with Crippen LogP contribution in [0.2, 0.25) is 5.02 Å². The third-order valence-corrected chi connectivity index (χ3v) is 7.15. The Bertz CT molecular complexity index is 1240. The highest BCUT2D eigenvalue weighted by atomic mass is 35.5. The van der Waals surface area contributed by atoms with Gasteiger partial charge in [-0.25, -0.2) is 17.2 Å². The lowest BCUT2D eigenvalue weighted by molar-refractivity contribution is 0.102. The Kier molecular flexibility index (Phi) is 5.68. The first-order valence-corrected chi connectivity index (χ1v) is 11.3. The smallest absolute Gasteiger partial charge is 0.264 e. The Morgan fingerprint density at radius 3 is 2.48 bits per heavy atom. The predicted octanol–water partition coefficient (Wildman–Crippen LogP) is 5.01. The molecule has 0 fully saturated rings. The first-order chi connectivity index (χ1) is 14.8. The Morgan fingerprint density at radius 2 is 1.77 bits per heavy atom. The minimum Gasteiger partial charge on any atom is -0.322 e. The van der Waals surface area contributed by atoms with Gasteiger partial charge in [-0.15, -0.1) is 0 Å². The lowest BCUT2D eigenvalue weighted by atomic mass is 10.0. The average molecular weight is 463 g/mol. The van der Waals surface area contributed by atoms with Crippen molar-refractivity contribution in [3.8, 4) is 0 Å². The van der Waals surface area contributed by atoms with Crippen LogP contribution in [0, 0.1) is 11.6 Å². The maximum atomic E-state index is 14.0. The molecule has 0 spiro atoms. The Hall–Kier alpha value is -2.97. The van der Waals surface area contributed by atoms with Gasteiger partial charge in [0.25, 0.3) is 15.9 Å². The minimum atomic E-state index is -3.87. The van der Waals surface area contributed by atoms with Crippen LogP contribution in [-0.2, 0) is 16.4 Å². The quantitative estimate of drug-likeness (QED) is 0.592. The van der Waals surface area contributed by atoms with Gasteiger partial charge in [0.1, 0.15) is 11.6 Å². The van der Waals surface area contributed by atoms with Gasteiger partial charge in [0.15, 0.2) is 0 Å². The van der Waals surface area contributed by atoms with Gasteiger partial charge in [-0.05, 0) is 73.0 Å². The van der Waals surface area contributed by atoms with E-state index >= 15 is 0 Å². The van der Waals surface area contributed by atoms with Crippen LogP contribution in [0.15, 0.2) is 65.6 Å². The molecule has 3 aromatic rings. The highest BCUT2D eigenvalue weighted by Crippen LogP contribution is 2.34. The van der Waals surface area contributed by atoms with Crippen molar-refractivity contribution in [2.24, 2.45) is 0 Å². The topological polar surface area (TPSA) is 66.5 Å². The van der Waals surface area contributed by atoms with E-state index in [2.05, 4.69) is 5.32 Å². The number of rotatable bonds is 4. The Morgan fingerprint density at radius 1 is 1.03 bits per heavy atom. The van der Waals surface area contributed by atoms with Crippen LogP contribution in [-0.4, -0.2) is 20.9 Å². The fourth-order valence-electron chi connectivity index (χ4n) is 3.53. The number of carbonyl (C=O) groups excluding carboxylic acids is 1. The van der Waals surface area contributed by atoms with E-state index in [9.17, 15) is 22.0 Å². The summed E-state index contributed by atoms with van der Waals surface area (Å²) >= 11 is 5.95. The van der Waals surface area contributed by atoms with Gasteiger partial charge in [-0.2, -0.15) is 0 Å². The van der Waals surface area contributed by atoms with E-state index in [1.54, 1.807) is 18.2 Å². The molecule has 5 nitrogen and oxygen atoms in total. The third-order valence-electron chi connectivity index (χ3n) is 5.00. The number of sulfonamides is 1. The highest BCUT2D eigenvalue weighted by Gasteiger charge is 2.29. The van der Waals surface area contributed by atoms with E-state index in [1.807, 2.05) is 0 Å². The monoisotopic (exact) mass is 462 g/mol. The molecule has 160 valence electrons. The van der Waals surface area contributed by atoms with Crippen molar-refractivity contribution in [2.45, 2.75) is 17.7 Å². The Labute approximate surface area is 183 Å². The van der Waals surface area contributed by atoms with Gasteiger partial charge >= 0.3 is 0 Å². The molecule has 0 atom stereocenters. The molecule has 0 aromatic heterocycles. The second-order valence-corrected chi connectivity index (χ2v) is 9.30. The lowest BCUT2D eigenvalue weighted by Gasteiger charge is -2.31. The predicted molar refractivity (Wildman–Crippen MR) is 115 cm³/mol. The number of carbonyl (C=O) groups is 1. The summed E-state index contributed by atoms with van der Waals surface area (Å²) < 4.78 is 54.6. The summed E-state index contributed by atoms with van der Waals surface area (Å²) in [6.45, 7) is 0.281. The SMILES string of the molecule is O=C(Nc1ccc2c(c1)CCCN2S(=O)(=O)c1ccc(F)cc1)c1c(F)cccc1Cl. The molecule has 0 aliphatic carbocycles. The van der Waals surface area contributed by atoms with Crippen molar-refractivity contribution in [2.75, 3.05) is 16.2 Å². The molecule has 4 rings (SSSR count). The normalized spacial score (nSPS) is 13.6. The van der Waals surface area contributed by atoms with Crippen molar-refractivity contribution >= 4 is 38.9 Å². The molecule has 31 heavy (non-hydrogen) atoms. The summed E-state index contributed by atoms with van der Waals surface area (Å²) in [4.78, 5) is 12.5. The average Bonchev–Trinajstić information content (AvgIpc) is 2.73. The van der Waals surface area contributed by atoms with Crippen molar-refractivity contribution in [3.05, 3.63) is 88.4 Å². The van der Waals surface area contributed by atoms with Crippen LogP contribution >= 0.6 is 11.6 Å². The number of hydrogen-bond donors (Lipinski definition) is 1. The molecule has 9 heteroatoms. The van der Waals surface area contributed by atoms with Gasteiger partial charge in [-0.3, -0.25) is 9.10 Å². The first kappa shape index (κ1) is 21.3. The molecular weight excluding hydrogens is 446 g/mol. The summed E-state index contributed by atoms with van der Waals surface area (Å²) in [5.41, 5.74) is 1.33. The first-order valence-electron chi connectivity index (χ1n) is 9.44. The van der Waals surface area contributed by atoms with Crippen LogP contribution in [0.25, 0.3) is 0 Å². The largest absolute Gasteiger partial charge is 0.322 e. The van der Waals surface area contributed by atoms with E-state index in [1.165, 1.54) is 28.6 Å². The number of halogens is 3. The molecular formula is C22H17ClF2N2O3S. The molecule has 0 bridgehead atoms. The maximum absolute atomic E-state index is 14.0. The maximum Gasteiger partial charge on any atom is 0.264 e. The van der Waals surface area contributed by atoms with Crippen LogP contribution in [0.5, 0.6) is 0 Å². The van der Waals surface area contributed by atoms with Gasteiger partial charge < -0.3 is 5.32 Å². The second-order valence-electron chi connectivity index (χ2n) is 7.03.